The molecule has 0 atom stereocenters. The summed E-state index contributed by atoms with van der Waals surface area (Å²) in [5, 5.41) is 0.599. The topological polar surface area (TPSA) is 60.9 Å². The van der Waals surface area contributed by atoms with E-state index in [0.29, 0.717) is 26.8 Å². The third kappa shape index (κ3) is 1.94. The molecule has 0 aliphatic rings. The fourth-order valence-electron chi connectivity index (χ4n) is 2.05. The number of rotatable bonds is 1. The molecule has 100 valence electrons. The molecular formula is C14H9Cl2N3O. The number of imidazole rings is 1. The second-order valence-electron chi connectivity index (χ2n) is 4.23. The molecule has 0 bridgehead atoms. The molecule has 0 aliphatic heterocycles. The summed E-state index contributed by atoms with van der Waals surface area (Å²) < 4.78 is 1.39. The Hall–Kier alpha value is -2.04. The largest absolute Gasteiger partial charge is 0.397 e. The van der Waals surface area contributed by atoms with Gasteiger partial charge in [0.25, 0.3) is 5.91 Å². The van der Waals surface area contributed by atoms with Crippen LogP contribution in [0.15, 0.2) is 42.7 Å². The number of hydrogen-bond donors (Lipinski definition) is 1. The van der Waals surface area contributed by atoms with E-state index in [1.54, 1.807) is 36.4 Å². The van der Waals surface area contributed by atoms with Crippen LogP contribution in [-0.2, 0) is 0 Å². The van der Waals surface area contributed by atoms with Gasteiger partial charge >= 0.3 is 0 Å². The number of halogens is 2. The van der Waals surface area contributed by atoms with E-state index in [-0.39, 0.29) is 11.5 Å². The van der Waals surface area contributed by atoms with Gasteiger partial charge < -0.3 is 5.73 Å². The maximum Gasteiger partial charge on any atom is 0.266 e. The molecule has 0 amide bonds. The van der Waals surface area contributed by atoms with Gasteiger partial charge in [-0.2, -0.15) is 0 Å². The van der Waals surface area contributed by atoms with Crippen molar-refractivity contribution in [1.29, 1.82) is 0 Å². The van der Waals surface area contributed by atoms with Crippen LogP contribution in [0.3, 0.4) is 0 Å². The minimum absolute atomic E-state index is 0.248. The molecule has 2 aromatic carbocycles. The molecule has 4 nitrogen and oxygen atoms in total. The number of para-hydroxylation sites is 1. The number of anilines is 1. The molecule has 0 radical (unpaired) electrons. The van der Waals surface area contributed by atoms with Crippen LogP contribution in [0.5, 0.6) is 0 Å². The molecule has 3 rings (SSSR count). The van der Waals surface area contributed by atoms with Crippen LogP contribution in [0.25, 0.3) is 11.0 Å². The maximum absolute atomic E-state index is 12.6. The first kappa shape index (κ1) is 13.0. The smallest absolute Gasteiger partial charge is 0.266 e. The highest BCUT2D eigenvalue weighted by Gasteiger charge is 2.18. The van der Waals surface area contributed by atoms with Crippen LogP contribution in [-0.4, -0.2) is 15.5 Å². The van der Waals surface area contributed by atoms with E-state index >= 15 is 0 Å². The molecule has 0 spiro atoms. The maximum atomic E-state index is 12.6. The molecule has 2 N–H and O–H groups in total. The number of carbonyl (C=O) groups excluding carboxylic acids is 1. The van der Waals surface area contributed by atoms with Crippen molar-refractivity contribution >= 4 is 45.8 Å². The van der Waals surface area contributed by atoms with Crippen LogP contribution in [0, 0.1) is 0 Å². The molecule has 0 unspecified atom stereocenters. The molecule has 6 heteroatoms. The first-order chi connectivity index (χ1) is 9.59. The van der Waals surface area contributed by atoms with Crippen molar-refractivity contribution in [1.82, 2.24) is 9.55 Å². The normalized spacial score (nSPS) is 10.9. The van der Waals surface area contributed by atoms with Crippen molar-refractivity contribution < 1.29 is 4.79 Å². The molecule has 0 fully saturated rings. The van der Waals surface area contributed by atoms with Gasteiger partial charge in [0.05, 0.1) is 26.8 Å². The average Bonchev–Trinajstić information content (AvgIpc) is 2.83. The fourth-order valence-corrected chi connectivity index (χ4v) is 2.60. The summed E-state index contributed by atoms with van der Waals surface area (Å²) in [6.45, 7) is 0. The quantitative estimate of drug-likeness (QED) is 0.699. The summed E-state index contributed by atoms with van der Waals surface area (Å²) in [6.07, 6.45) is 1.42. The van der Waals surface area contributed by atoms with E-state index in [2.05, 4.69) is 4.98 Å². The van der Waals surface area contributed by atoms with Crippen LogP contribution >= 0.6 is 23.2 Å². The van der Waals surface area contributed by atoms with E-state index in [4.69, 9.17) is 28.9 Å². The number of hydrogen-bond acceptors (Lipinski definition) is 3. The number of nitrogens with zero attached hydrogens (tertiary/aromatic N) is 2. The standard InChI is InChI=1S/C14H9Cl2N3O/c15-8-3-1-4-9(16)12(8)14(20)19-7-18-13-10(17)5-2-6-11(13)19/h1-7H,17H2. The Balaban J connectivity index is 2.21. The second-order valence-corrected chi connectivity index (χ2v) is 5.05. The van der Waals surface area contributed by atoms with Crippen LogP contribution < -0.4 is 5.73 Å². The highest BCUT2D eigenvalue weighted by atomic mass is 35.5. The van der Waals surface area contributed by atoms with Crippen molar-refractivity contribution in [2.75, 3.05) is 5.73 Å². The number of fused-ring (bicyclic) bond motifs is 1. The lowest BCUT2D eigenvalue weighted by Gasteiger charge is -2.07. The first-order valence-electron chi connectivity index (χ1n) is 5.80. The van der Waals surface area contributed by atoms with E-state index in [1.165, 1.54) is 10.9 Å². The summed E-state index contributed by atoms with van der Waals surface area (Å²) in [5.74, 6) is -0.339. The SMILES string of the molecule is Nc1cccc2c1ncn2C(=O)c1c(Cl)cccc1Cl. The molecule has 20 heavy (non-hydrogen) atoms. The fraction of sp³-hybridized carbons (Fsp3) is 0. The number of carbonyl (C=O) groups is 1. The summed E-state index contributed by atoms with van der Waals surface area (Å²) >= 11 is 12.1. The van der Waals surface area contributed by atoms with Crippen LogP contribution in [0.2, 0.25) is 10.0 Å². The van der Waals surface area contributed by atoms with Crippen molar-refractivity contribution in [2.45, 2.75) is 0 Å². The van der Waals surface area contributed by atoms with Gasteiger partial charge in [-0.25, -0.2) is 4.98 Å². The zero-order valence-electron chi connectivity index (χ0n) is 10.2. The summed E-state index contributed by atoms with van der Waals surface area (Å²) in [6, 6.07) is 10.2. The van der Waals surface area contributed by atoms with Gasteiger partial charge in [0, 0.05) is 0 Å². The third-order valence-corrected chi connectivity index (χ3v) is 3.63. The zero-order chi connectivity index (χ0) is 14.3. The molecule has 0 saturated heterocycles. The number of benzene rings is 2. The average molecular weight is 306 g/mol. The Morgan fingerprint density at radius 2 is 1.75 bits per heavy atom. The predicted octanol–water partition coefficient (Wildman–Crippen LogP) is 3.61. The highest BCUT2D eigenvalue weighted by molar-refractivity contribution is 6.39. The van der Waals surface area contributed by atoms with Gasteiger partial charge in [0.1, 0.15) is 11.8 Å². The third-order valence-electron chi connectivity index (χ3n) is 3.00. The van der Waals surface area contributed by atoms with Crippen molar-refractivity contribution in [3.63, 3.8) is 0 Å². The minimum atomic E-state index is -0.339. The molecule has 1 aromatic heterocycles. The zero-order valence-corrected chi connectivity index (χ0v) is 11.7. The monoisotopic (exact) mass is 305 g/mol. The Kier molecular flexibility index (Phi) is 3.12. The van der Waals surface area contributed by atoms with E-state index < -0.39 is 0 Å². The van der Waals surface area contributed by atoms with Crippen molar-refractivity contribution in [3.8, 4) is 0 Å². The van der Waals surface area contributed by atoms with Crippen LogP contribution in [0.4, 0.5) is 5.69 Å². The van der Waals surface area contributed by atoms with Crippen LogP contribution in [0.1, 0.15) is 10.4 Å². The number of nitrogens with two attached hydrogens (primary N) is 1. The summed E-state index contributed by atoms with van der Waals surface area (Å²) in [4.78, 5) is 16.7. The Morgan fingerprint density at radius 1 is 1.10 bits per heavy atom. The van der Waals surface area contributed by atoms with Gasteiger partial charge in [-0.15, -0.1) is 0 Å². The summed E-state index contributed by atoms with van der Waals surface area (Å²) in [5.41, 5.74) is 7.78. The lowest BCUT2D eigenvalue weighted by Crippen LogP contribution is -2.12. The summed E-state index contributed by atoms with van der Waals surface area (Å²) in [7, 11) is 0. The van der Waals surface area contributed by atoms with Crippen molar-refractivity contribution in [3.05, 3.63) is 58.3 Å². The van der Waals surface area contributed by atoms with Crippen molar-refractivity contribution in [2.24, 2.45) is 0 Å². The first-order valence-corrected chi connectivity index (χ1v) is 6.55. The van der Waals surface area contributed by atoms with Gasteiger partial charge in [-0.3, -0.25) is 9.36 Å². The van der Waals surface area contributed by atoms with Gasteiger partial charge in [0.15, 0.2) is 0 Å². The number of nitrogen functional groups attached to an aromatic ring is 1. The molecular weight excluding hydrogens is 297 g/mol. The lowest BCUT2D eigenvalue weighted by molar-refractivity contribution is 0.0964. The van der Waals surface area contributed by atoms with Gasteiger partial charge in [-0.1, -0.05) is 35.3 Å². The Bertz CT molecular complexity index is 806. The molecule has 1 heterocycles. The van der Waals surface area contributed by atoms with E-state index in [9.17, 15) is 4.79 Å². The molecule has 3 aromatic rings. The Morgan fingerprint density at radius 3 is 2.45 bits per heavy atom. The van der Waals surface area contributed by atoms with Gasteiger partial charge in [-0.05, 0) is 24.3 Å². The minimum Gasteiger partial charge on any atom is -0.397 e. The van der Waals surface area contributed by atoms with E-state index in [0.717, 1.165) is 0 Å². The number of aromatic nitrogens is 2. The highest BCUT2D eigenvalue weighted by Crippen LogP contribution is 2.27. The predicted molar refractivity (Wildman–Crippen MR) is 80.3 cm³/mol. The Labute approximate surface area is 124 Å². The lowest BCUT2D eigenvalue weighted by atomic mass is 10.2. The van der Waals surface area contributed by atoms with E-state index in [1.807, 2.05) is 0 Å². The van der Waals surface area contributed by atoms with Gasteiger partial charge in [0.2, 0.25) is 0 Å². The molecule has 0 saturated carbocycles. The second kappa shape index (κ2) is 4.81. The molecule has 0 aliphatic carbocycles.